The van der Waals surface area contributed by atoms with Crippen LogP contribution in [0, 0.1) is 6.92 Å². The van der Waals surface area contributed by atoms with Crippen LogP contribution in [0.3, 0.4) is 0 Å². The molecule has 2 rings (SSSR count). The molecule has 0 atom stereocenters. The normalized spacial score (nSPS) is 11.4. The van der Waals surface area contributed by atoms with Gasteiger partial charge in [0.2, 0.25) is 5.89 Å². The number of hydrogen-bond donors (Lipinski definition) is 3. The lowest BCUT2D eigenvalue weighted by atomic mass is 10.2. The maximum Gasteiger partial charge on any atom is 0.416 e. The molecule has 0 spiro atoms. The van der Waals surface area contributed by atoms with E-state index in [9.17, 15) is 13.2 Å². The molecule has 108 valence electrons. The van der Waals surface area contributed by atoms with Crippen molar-refractivity contribution in [2.75, 3.05) is 10.7 Å². The van der Waals surface area contributed by atoms with Crippen molar-refractivity contribution in [1.29, 1.82) is 0 Å². The lowest BCUT2D eigenvalue weighted by molar-refractivity contribution is -0.137. The number of hydrogen-bond acceptors (Lipinski definition) is 7. The number of hydrazine groups is 1. The third-order valence-corrected chi connectivity index (χ3v) is 2.29. The molecule has 0 unspecified atom stereocenters. The summed E-state index contributed by atoms with van der Waals surface area (Å²) in [6.45, 7) is 1.69. The standard InChI is InChI=1S/C10H11F3N6O/c1-5-16-9(20-19-5)4-15-7-2-6(10(11,12)13)3-8(17-7)18-14/h2-3H,4,14H2,1H3,(H2,15,17,18). The van der Waals surface area contributed by atoms with Crippen LogP contribution < -0.4 is 16.6 Å². The molecule has 0 amide bonds. The number of nitrogens with two attached hydrogens (primary N) is 1. The van der Waals surface area contributed by atoms with E-state index < -0.39 is 11.7 Å². The van der Waals surface area contributed by atoms with E-state index in [1.54, 1.807) is 6.92 Å². The topological polar surface area (TPSA) is 102 Å². The van der Waals surface area contributed by atoms with Gasteiger partial charge in [0.15, 0.2) is 5.82 Å². The van der Waals surface area contributed by atoms with Gasteiger partial charge in [-0.1, -0.05) is 5.16 Å². The van der Waals surface area contributed by atoms with Crippen LogP contribution in [0.2, 0.25) is 0 Å². The Morgan fingerprint density at radius 1 is 1.25 bits per heavy atom. The van der Waals surface area contributed by atoms with Crippen LogP contribution >= 0.6 is 0 Å². The largest absolute Gasteiger partial charge is 0.416 e. The quantitative estimate of drug-likeness (QED) is 0.581. The fourth-order valence-electron chi connectivity index (χ4n) is 1.44. The van der Waals surface area contributed by atoms with E-state index >= 15 is 0 Å². The van der Waals surface area contributed by atoms with Crippen molar-refractivity contribution in [3.8, 4) is 0 Å². The zero-order valence-corrected chi connectivity index (χ0v) is 10.3. The maximum absolute atomic E-state index is 12.7. The van der Waals surface area contributed by atoms with Gasteiger partial charge in [-0.3, -0.25) is 0 Å². The fraction of sp³-hybridized carbons (Fsp3) is 0.300. The van der Waals surface area contributed by atoms with Crippen molar-refractivity contribution in [1.82, 2.24) is 15.1 Å². The van der Waals surface area contributed by atoms with Crippen LogP contribution in [-0.4, -0.2) is 15.1 Å². The Hall–Kier alpha value is -2.36. The van der Waals surface area contributed by atoms with E-state index in [0.717, 1.165) is 12.1 Å². The number of alkyl halides is 3. The van der Waals surface area contributed by atoms with Gasteiger partial charge < -0.3 is 15.3 Å². The molecule has 2 aromatic heterocycles. The average Bonchev–Trinajstić information content (AvgIpc) is 2.81. The zero-order valence-electron chi connectivity index (χ0n) is 10.3. The molecule has 0 fully saturated rings. The third kappa shape index (κ3) is 3.35. The van der Waals surface area contributed by atoms with Crippen LogP contribution in [0.25, 0.3) is 0 Å². The van der Waals surface area contributed by atoms with Crippen LogP contribution in [0.15, 0.2) is 16.7 Å². The average molecular weight is 288 g/mol. The van der Waals surface area contributed by atoms with E-state index in [4.69, 9.17) is 10.4 Å². The first kappa shape index (κ1) is 14.1. The first-order valence-corrected chi connectivity index (χ1v) is 5.47. The van der Waals surface area contributed by atoms with Crippen molar-refractivity contribution in [3.63, 3.8) is 0 Å². The summed E-state index contributed by atoms with van der Waals surface area (Å²) < 4.78 is 42.9. The summed E-state index contributed by atoms with van der Waals surface area (Å²) in [7, 11) is 0. The van der Waals surface area contributed by atoms with Gasteiger partial charge in [-0.05, 0) is 19.1 Å². The molecule has 2 aromatic rings. The Kier molecular flexibility index (Phi) is 3.74. The van der Waals surface area contributed by atoms with Crippen molar-refractivity contribution in [3.05, 3.63) is 29.4 Å². The first-order chi connectivity index (χ1) is 9.38. The van der Waals surface area contributed by atoms with Crippen molar-refractivity contribution >= 4 is 11.6 Å². The molecule has 0 saturated heterocycles. The Morgan fingerprint density at radius 2 is 1.95 bits per heavy atom. The van der Waals surface area contributed by atoms with Gasteiger partial charge in [-0.2, -0.15) is 18.2 Å². The molecule has 0 aliphatic heterocycles. The van der Waals surface area contributed by atoms with Gasteiger partial charge in [-0.15, -0.1) is 0 Å². The molecular formula is C10H11F3N6O. The van der Waals surface area contributed by atoms with E-state index in [2.05, 4.69) is 25.9 Å². The lowest BCUT2D eigenvalue weighted by Crippen LogP contribution is -2.14. The minimum Gasteiger partial charge on any atom is -0.361 e. The van der Waals surface area contributed by atoms with Gasteiger partial charge in [0, 0.05) is 0 Å². The Balaban J connectivity index is 2.18. The molecule has 2 heterocycles. The number of aromatic nitrogens is 3. The molecule has 4 N–H and O–H groups in total. The summed E-state index contributed by atoms with van der Waals surface area (Å²) in [6.07, 6.45) is -4.49. The Morgan fingerprint density at radius 3 is 2.50 bits per heavy atom. The summed E-state index contributed by atoms with van der Waals surface area (Å²) in [5.41, 5.74) is 1.21. The van der Waals surface area contributed by atoms with Gasteiger partial charge in [0.25, 0.3) is 0 Å². The molecule has 0 saturated carbocycles. The number of halogens is 3. The molecule has 20 heavy (non-hydrogen) atoms. The van der Waals surface area contributed by atoms with Gasteiger partial charge in [-0.25, -0.2) is 10.8 Å². The number of anilines is 2. The third-order valence-electron chi connectivity index (χ3n) is 2.29. The minimum atomic E-state index is -4.49. The molecular weight excluding hydrogens is 277 g/mol. The van der Waals surface area contributed by atoms with E-state index in [-0.39, 0.29) is 24.1 Å². The Labute approximate surface area is 111 Å². The van der Waals surface area contributed by atoms with Gasteiger partial charge >= 0.3 is 6.18 Å². The van der Waals surface area contributed by atoms with E-state index in [1.807, 2.05) is 0 Å². The predicted octanol–water partition coefficient (Wildman–Crippen LogP) is 1.69. The molecule has 0 aromatic carbocycles. The molecule has 0 aliphatic rings. The number of nitrogens with zero attached hydrogens (tertiary/aromatic N) is 3. The summed E-state index contributed by atoms with van der Waals surface area (Å²) in [6, 6.07) is 1.67. The molecule has 0 radical (unpaired) electrons. The second-order valence-electron chi connectivity index (χ2n) is 3.86. The highest BCUT2D eigenvalue weighted by Crippen LogP contribution is 2.31. The fourth-order valence-corrected chi connectivity index (χ4v) is 1.44. The summed E-state index contributed by atoms with van der Waals surface area (Å²) in [4.78, 5) is 7.76. The van der Waals surface area contributed by atoms with E-state index in [0.29, 0.717) is 5.82 Å². The Bertz CT molecular complexity index is 597. The molecule has 7 nitrogen and oxygen atoms in total. The summed E-state index contributed by atoms with van der Waals surface area (Å²) in [5.74, 6) is 5.65. The smallest absolute Gasteiger partial charge is 0.361 e. The SMILES string of the molecule is Cc1noc(CNc2cc(C(F)(F)F)cc(NN)n2)n1. The van der Waals surface area contributed by atoms with Gasteiger partial charge in [0.05, 0.1) is 12.1 Å². The number of rotatable bonds is 4. The predicted molar refractivity (Wildman–Crippen MR) is 63.4 cm³/mol. The minimum absolute atomic E-state index is 0.0105. The molecule has 0 aliphatic carbocycles. The zero-order chi connectivity index (χ0) is 14.8. The van der Waals surface area contributed by atoms with Crippen LogP contribution in [0.1, 0.15) is 17.3 Å². The lowest BCUT2D eigenvalue weighted by Gasteiger charge is -2.11. The van der Waals surface area contributed by atoms with Crippen LogP contribution in [-0.2, 0) is 12.7 Å². The monoisotopic (exact) mass is 288 g/mol. The number of pyridine rings is 1. The molecule has 10 heteroatoms. The van der Waals surface area contributed by atoms with Gasteiger partial charge in [0.1, 0.15) is 11.6 Å². The second-order valence-corrected chi connectivity index (χ2v) is 3.86. The summed E-state index contributed by atoms with van der Waals surface area (Å²) >= 11 is 0. The van der Waals surface area contributed by atoms with E-state index in [1.165, 1.54) is 0 Å². The highest BCUT2D eigenvalue weighted by Gasteiger charge is 2.31. The number of nitrogens with one attached hydrogen (secondary N) is 2. The number of aryl methyl sites for hydroxylation is 1. The van der Waals surface area contributed by atoms with Crippen molar-refractivity contribution in [2.24, 2.45) is 5.84 Å². The number of nitrogen functional groups attached to an aromatic ring is 1. The first-order valence-electron chi connectivity index (χ1n) is 5.47. The van der Waals surface area contributed by atoms with Crippen LogP contribution in [0.4, 0.5) is 24.8 Å². The molecule has 0 bridgehead atoms. The highest BCUT2D eigenvalue weighted by atomic mass is 19.4. The van der Waals surface area contributed by atoms with Crippen molar-refractivity contribution in [2.45, 2.75) is 19.6 Å². The van der Waals surface area contributed by atoms with Crippen molar-refractivity contribution < 1.29 is 17.7 Å². The highest BCUT2D eigenvalue weighted by molar-refractivity contribution is 5.49. The maximum atomic E-state index is 12.7. The van der Waals surface area contributed by atoms with Crippen LogP contribution in [0.5, 0.6) is 0 Å². The summed E-state index contributed by atoms with van der Waals surface area (Å²) in [5, 5.41) is 6.22. The second kappa shape index (κ2) is 5.33.